The average molecular weight is 202 g/mol. The Hall–Kier alpha value is -0.780. The van der Waals surface area contributed by atoms with Crippen LogP contribution < -0.4 is 0 Å². The van der Waals surface area contributed by atoms with Crippen LogP contribution >= 0.6 is 0 Å². The Balaban J connectivity index is 2.18. The Labute approximate surface area is 93.7 Å². The molecule has 2 rings (SSSR count). The van der Waals surface area contributed by atoms with Crippen molar-refractivity contribution < 1.29 is 0 Å². The minimum absolute atomic E-state index is 0.819. The Morgan fingerprint density at radius 2 is 1.67 bits per heavy atom. The summed E-state index contributed by atoms with van der Waals surface area (Å²) in [5.74, 6) is 2.55. The SMILES string of the molecule is CC(C)[C@H]1CCCCC1c1ccccc1. The molecule has 0 heteroatoms. The van der Waals surface area contributed by atoms with Gasteiger partial charge in [0.15, 0.2) is 0 Å². The molecule has 0 amide bonds. The third-order valence-corrected chi connectivity index (χ3v) is 3.90. The van der Waals surface area contributed by atoms with E-state index in [0.29, 0.717) is 0 Å². The lowest BCUT2D eigenvalue weighted by atomic mass is 9.71. The van der Waals surface area contributed by atoms with E-state index in [0.717, 1.165) is 17.8 Å². The van der Waals surface area contributed by atoms with E-state index < -0.39 is 0 Å². The highest BCUT2D eigenvalue weighted by atomic mass is 14.3. The zero-order valence-electron chi connectivity index (χ0n) is 9.95. The van der Waals surface area contributed by atoms with Gasteiger partial charge >= 0.3 is 0 Å². The van der Waals surface area contributed by atoms with E-state index in [1.807, 2.05) is 0 Å². The van der Waals surface area contributed by atoms with Crippen LogP contribution in [0.25, 0.3) is 0 Å². The summed E-state index contributed by atoms with van der Waals surface area (Å²) in [5, 5.41) is 0. The van der Waals surface area contributed by atoms with Crippen LogP contribution in [-0.2, 0) is 0 Å². The third kappa shape index (κ3) is 2.42. The van der Waals surface area contributed by atoms with Gasteiger partial charge in [0.1, 0.15) is 0 Å². The van der Waals surface area contributed by atoms with Gasteiger partial charge in [0.2, 0.25) is 0 Å². The van der Waals surface area contributed by atoms with Gasteiger partial charge in [0, 0.05) is 0 Å². The molecular formula is C15H22. The summed E-state index contributed by atoms with van der Waals surface area (Å²) >= 11 is 0. The summed E-state index contributed by atoms with van der Waals surface area (Å²) in [4.78, 5) is 0. The van der Waals surface area contributed by atoms with E-state index in [4.69, 9.17) is 0 Å². The van der Waals surface area contributed by atoms with Gasteiger partial charge in [-0.2, -0.15) is 0 Å². The molecule has 1 aliphatic rings. The average Bonchev–Trinajstić information content (AvgIpc) is 2.30. The van der Waals surface area contributed by atoms with Crippen molar-refractivity contribution in [1.82, 2.24) is 0 Å². The second kappa shape index (κ2) is 4.83. The van der Waals surface area contributed by atoms with E-state index in [1.165, 1.54) is 25.7 Å². The minimum atomic E-state index is 0.819. The molecule has 0 heterocycles. The summed E-state index contributed by atoms with van der Waals surface area (Å²) in [6.07, 6.45) is 5.68. The Bertz CT molecular complexity index is 286. The van der Waals surface area contributed by atoms with Gasteiger partial charge in [-0.15, -0.1) is 0 Å². The fourth-order valence-corrected chi connectivity index (χ4v) is 3.07. The van der Waals surface area contributed by atoms with Crippen LogP contribution in [0.5, 0.6) is 0 Å². The predicted octanol–water partition coefficient (Wildman–Crippen LogP) is 4.62. The Morgan fingerprint density at radius 3 is 2.33 bits per heavy atom. The summed E-state index contributed by atoms with van der Waals surface area (Å²) < 4.78 is 0. The lowest BCUT2D eigenvalue weighted by Crippen LogP contribution is -2.22. The largest absolute Gasteiger partial charge is 0.0625 e. The second-order valence-electron chi connectivity index (χ2n) is 5.21. The molecule has 0 bridgehead atoms. The van der Waals surface area contributed by atoms with Crippen molar-refractivity contribution in [3.05, 3.63) is 35.9 Å². The van der Waals surface area contributed by atoms with Gasteiger partial charge in [-0.25, -0.2) is 0 Å². The first kappa shape index (κ1) is 10.7. The molecule has 15 heavy (non-hydrogen) atoms. The van der Waals surface area contributed by atoms with Gasteiger partial charge in [0.25, 0.3) is 0 Å². The quantitative estimate of drug-likeness (QED) is 0.656. The molecule has 0 aromatic heterocycles. The van der Waals surface area contributed by atoms with Crippen molar-refractivity contribution in [2.75, 3.05) is 0 Å². The molecule has 0 aliphatic heterocycles. The topological polar surface area (TPSA) is 0 Å². The fraction of sp³-hybridized carbons (Fsp3) is 0.600. The Morgan fingerprint density at radius 1 is 1.00 bits per heavy atom. The van der Waals surface area contributed by atoms with Gasteiger partial charge in [-0.3, -0.25) is 0 Å². The molecule has 1 unspecified atom stereocenters. The highest BCUT2D eigenvalue weighted by Crippen LogP contribution is 2.41. The zero-order valence-corrected chi connectivity index (χ0v) is 9.95. The molecule has 1 saturated carbocycles. The first-order valence-electron chi connectivity index (χ1n) is 6.34. The maximum Gasteiger partial charge on any atom is -0.0131 e. The molecule has 1 fully saturated rings. The van der Waals surface area contributed by atoms with Crippen LogP contribution in [-0.4, -0.2) is 0 Å². The molecule has 0 radical (unpaired) electrons. The molecule has 0 nitrogen and oxygen atoms in total. The molecule has 0 saturated heterocycles. The lowest BCUT2D eigenvalue weighted by molar-refractivity contribution is 0.238. The second-order valence-corrected chi connectivity index (χ2v) is 5.21. The molecule has 82 valence electrons. The van der Waals surface area contributed by atoms with Crippen LogP contribution in [0.2, 0.25) is 0 Å². The monoisotopic (exact) mass is 202 g/mol. The van der Waals surface area contributed by atoms with E-state index in [2.05, 4.69) is 44.2 Å². The van der Waals surface area contributed by atoms with Crippen molar-refractivity contribution >= 4 is 0 Å². The maximum atomic E-state index is 2.38. The van der Waals surface area contributed by atoms with Crippen molar-refractivity contribution in [2.24, 2.45) is 11.8 Å². The first-order chi connectivity index (χ1) is 7.29. The van der Waals surface area contributed by atoms with E-state index in [1.54, 1.807) is 5.56 Å². The van der Waals surface area contributed by atoms with Gasteiger partial charge in [-0.1, -0.05) is 57.0 Å². The standard InChI is InChI=1S/C15H22/c1-12(2)14-10-6-7-11-15(14)13-8-4-3-5-9-13/h3-5,8-9,12,14-15H,6-7,10-11H2,1-2H3/t14-,15?/m1/s1. The van der Waals surface area contributed by atoms with E-state index >= 15 is 0 Å². The van der Waals surface area contributed by atoms with Crippen LogP contribution in [0.4, 0.5) is 0 Å². The summed E-state index contributed by atoms with van der Waals surface area (Å²) in [5.41, 5.74) is 1.57. The molecular weight excluding hydrogens is 180 g/mol. The third-order valence-electron chi connectivity index (χ3n) is 3.90. The lowest BCUT2D eigenvalue weighted by Gasteiger charge is -2.34. The maximum absolute atomic E-state index is 2.38. The van der Waals surface area contributed by atoms with Crippen molar-refractivity contribution in [3.8, 4) is 0 Å². The Kier molecular flexibility index (Phi) is 3.45. The van der Waals surface area contributed by atoms with Crippen molar-refractivity contribution in [3.63, 3.8) is 0 Å². The molecule has 0 spiro atoms. The zero-order chi connectivity index (χ0) is 10.7. The van der Waals surface area contributed by atoms with Crippen LogP contribution in [0.15, 0.2) is 30.3 Å². The van der Waals surface area contributed by atoms with Crippen LogP contribution in [0.1, 0.15) is 51.0 Å². The van der Waals surface area contributed by atoms with Gasteiger partial charge in [-0.05, 0) is 36.2 Å². The van der Waals surface area contributed by atoms with Gasteiger partial charge in [0.05, 0.1) is 0 Å². The normalized spacial score (nSPS) is 26.9. The fourth-order valence-electron chi connectivity index (χ4n) is 3.07. The van der Waals surface area contributed by atoms with Crippen LogP contribution in [0, 0.1) is 11.8 Å². The predicted molar refractivity (Wildman–Crippen MR) is 66.0 cm³/mol. The summed E-state index contributed by atoms with van der Waals surface area (Å²) in [7, 11) is 0. The summed E-state index contributed by atoms with van der Waals surface area (Å²) in [6.45, 7) is 4.76. The molecule has 0 N–H and O–H groups in total. The highest BCUT2D eigenvalue weighted by Gasteiger charge is 2.28. The number of rotatable bonds is 2. The minimum Gasteiger partial charge on any atom is -0.0625 e. The summed E-state index contributed by atoms with van der Waals surface area (Å²) in [6, 6.07) is 11.1. The first-order valence-corrected chi connectivity index (χ1v) is 6.34. The van der Waals surface area contributed by atoms with Gasteiger partial charge < -0.3 is 0 Å². The molecule has 1 aliphatic carbocycles. The van der Waals surface area contributed by atoms with Crippen molar-refractivity contribution in [1.29, 1.82) is 0 Å². The number of hydrogen-bond donors (Lipinski definition) is 0. The van der Waals surface area contributed by atoms with Crippen LogP contribution in [0.3, 0.4) is 0 Å². The van der Waals surface area contributed by atoms with E-state index in [9.17, 15) is 0 Å². The van der Waals surface area contributed by atoms with E-state index in [-0.39, 0.29) is 0 Å². The highest BCUT2D eigenvalue weighted by molar-refractivity contribution is 5.21. The molecule has 2 atom stereocenters. The molecule has 1 aromatic rings. The smallest absolute Gasteiger partial charge is 0.0131 e. The molecule has 1 aromatic carbocycles. The number of benzene rings is 1. The van der Waals surface area contributed by atoms with Crippen molar-refractivity contribution in [2.45, 2.75) is 45.4 Å². The number of hydrogen-bond acceptors (Lipinski definition) is 0.